The molecular weight excluding hydrogens is 496 g/mol. The molecule has 0 unspecified atom stereocenters. The molecule has 4 rings (SSSR count). The molecule has 1 amide bonds. The van der Waals surface area contributed by atoms with Gasteiger partial charge in [0.2, 0.25) is 11.9 Å². The number of nitrogens with one attached hydrogen (secondary N) is 3. The number of benzene rings is 2. The Bertz CT molecular complexity index is 1420. The molecule has 2 heterocycles. The molecule has 12 heteroatoms. The number of nitrogens with zero attached hydrogens (tertiary/aromatic N) is 3. The highest BCUT2D eigenvalue weighted by Crippen LogP contribution is 2.34. The molecule has 0 bridgehead atoms. The Morgan fingerprint density at radius 2 is 1.83 bits per heavy atom. The number of alkyl halides is 3. The number of hydrogen-bond acceptors (Lipinski definition) is 7. The number of hydrogen-bond donors (Lipinski definition) is 3. The lowest BCUT2D eigenvalue weighted by Crippen LogP contribution is -2.08. The number of halogens is 4. The van der Waals surface area contributed by atoms with Crippen molar-refractivity contribution >= 4 is 46.4 Å². The first-order chi connectivity index (χ1) is 17.1. The summed E-state index contributed by atoms with van der Waals surface area (Å²) in [6.07, 6.45) is -2.02. The summed E-state index contributed by atoms with van der Waals surface area (Å²) in [6.45, 7) is 5.26. The molecule has 0 aliphatic heterocycles. The predicted octanol–water partition coefficient (Wildman–Crippen LogP) is 6.68. The molecule has 4 aromatic rings. The van der Waals surface area contributed by atoms with Crippen molar-refractivity contribution in [3.05, 3.63) is 83.6 Å². The topological polar surface area (TPSA) is 91.8 Å². The molecule has 0 fully saturated rings. The zero-order valence-electron chi connectivity index (χ0n) is 18.7. The van der Waals surface area contributed by atoms with E-state index in [1.54, 1.807) is 6.07 Å². The molecule has 184 valence electrons. The Hall–Kier alpha value is -4.32. The molecule has 2 aromatic heterocycles. The summed E-state index contributed by atoms with van der Waals surface area (Å²) in [5.74, 6) is -0.371. The fourth-order valence-electron chi connectivity index (χ4n) is 3.15. The summed E-state index contributed by atoms with van der Waals surface area (Å²) in [5, 5.41) is 8.34. The van der Waals surface area contributed by atoms with Crippen LogP contribution in [0.2, 0.25) is 0 Å². The van der Waals surface area contributed by atoms with Gasteiger partial charge in [-0.05, 0) is 66.5 Å². The van der Waals surface area contributed by atoms with Crippen molar-refractivity contribution in [1.29, 1.82) is 0 Å². The van der Waals surface area contributed by atoms with Gasteiger partial charge in [0, 0.05) is 22.3 Å². The van der Waals surface area contributed by atoms with Crippen LogP contribution < -0.4 is 16.0 Å². The van der Waals surface area contributed by atoms with Gasteiger partial charge in [-0.15, -0.1) is 0 Å². The first kappa shape index (κ1) is 24.8. The number of amides is 1. The Labute approximate surface area is 207 Å². The minimum absolute atomic E-state index is 0.0285. The molecule has 3 N–H and O–H groups in total. The van der Waals surface area contributed by atoms with Crippen LogP contribution in [0.15, 0.2) is 67.4 Å². The summed E-state index contributed by atoms with van der Waals surface area (Å²) in [5.41, 5.74) is 0.154. The molecule has 36 heavy (non-hydrogen) atoms. The van der Waals surface area contributed by atoms with Gasteiger partial charge < -0.3 is 16.0 Å². The average Bonchev–Trinajstić information content (AvgIpc) is 3.25. The van der Waals surface area contributed by atoms with Crippen molar-refractivity contribution in [2.45, 2.75) is 13.1 Å². The van der Waals surface area contributed by atoms with E-state index in [0.29, 0.717) is 22.6 Å². The zero-order chi connectivity index (χ0) is 25.9. The van der Waals surface area contributed by atoms with Crippen molar-refractivity contribution in [2.24, 2.45) is 0 Å². The van der Waals surface area contributed by atoms with Gasteiger partial charge in [-0.1, -0.05) is 18.7 Å². The van der Waals surface area contributed by atoms with Crippen LogP contribution in [0, 0.1) is 12.7 Å². The standard InChI is InChI=1S/C24H18F4N6OS/c1-3-21(35)30-16-8-9-18(25)19(11-16)31-22-17(14-4-6-15(7-5-14)24(26,27)28)12-29-23(33-22)32-20-10-13(2)36-34-20/h3-12H,1H2,2H3,(H,30,35)(H2,29,31,32,33,34). The van der Waals surface area contributed by atoms with Crippen molar-refractivity contribution in [3.63, 3.8) is 0 Å². The molecule has 0 spiro atoms. The zero-order valence-corrected chi connectivity index (χ0v) is 19.5. The molecular formula is C24H18F4N6OS. The minimum atomic E-state index is -4.49. The van der Waals surface area contributed by atoms with Crippen LogP contribution in [0.25, 0.3) is 11.1 Å². The van der Waals surface area contributed by atoms with Gasteiger partial charge >= 0.3 is 6.18 Å². The van der Waals surface area contributed by atoms with Gasteiger partial charge in [0.1, 0.15) is 17.5 Å². The van der Waals surface area contributed by atoms with Gasteiger partial charge in [-0.25, -0.2) is 9.37 Å². The van der Waals surface area contributed by atoms with E-state index in [-0.39, 0.29) is 17.5 Å². The highest BCUT2D eigenvalue weighted by molar-refractivity contribution is 7.06. The third-order valence-corrected chi connectivity index (χ3v) is 5.55. The molecule has 0 saturated heterocycles. The number of aryl methyl sites for hydroxylation is 1. The Morgan fingerprint density at radius 1 is 1.08 bits per heavy atom. The predicted molar refractivity (Wildman–Crippen MR) is 131 cm³/mol. The maximum atomic E-state index is 14.7. The van der Waals surface area contributed by atoms with Gasteiger partial charge in [-0.3, -0.25) is 4.79 Å². The van der Waals surface area contributed by atoms with Crippen molar-refractivity contribution in [3.8, 4) is 11.1 Å². The molecule has 0 saturated carbocycles. The third kappa shape index (κ3) is 5.84. The number of anilines is 5. The van der Waals surface area contributed by atoms with Gasteiger partial charge in [0.25, 0.3) is 0 Å². The number of aromatic nitrogens is 3. The van der Waals surface area contributed by atoms with E-state index in [0.717, 1.165) is 29.2 Å². The van der Waals surface area contributed by atoms with Crippen LogP contribution in [0.1, 0.15) is 10.4 Å². The fraction of sp³-hybridized carbons (Fsp3) is 0.0833. The normalized spacial score (nSPS) is 11.1. The molecule has 2 aromatic carbocycles. The first-order valence-corrected chi connectivity index (χ1v) is 11.1. The summed E-state index contributed by atoms with van der Waals surface area (Å²) < 4.78 is 57.9. The van der Waals surface area contributed by atoms with Crippen LogP contribution in [-0.2, 0) is 11.0 Å². The Balaban J connectivity index is 1.74. The number of rotatable bonds is 7. The second-order valence-corrected chi connectivity index (χ2v) is 8.50. The second-order valence-electron chi connectivity index (χ2n) is 7.49. The lowest BCUT2D eigenvalue weighted by Gasteiger charge is -2.15. The van der Waals surface area contributed by atoms with Crippen molar-refractivity contribution < 1.29 is 22.4 Å². The van der Waals surface area contributed by atoms with Crippen molar-refractivity contribution in [1.82, 2.24) is 14.3 Å². The summed E-state index contributed by atoms with van der Waals surface area (Å²) in [6, 6.07) is 10.1. The largest absolute Gasteiger partial charge is 0.416 e. The SMILES string of the molecule is C=CC(=O)Nc1ccc(F)c(Nc2nc(Nc3cc(C)sn3)ncc2-c2ccc(C(F)(F)F)cc2)c1. The summed E-state index contributed by atoms with van der Waals surface area (Å²) >= 11 is 1.28. The van der Waals surface area contributed by atoms with Crippen LogP contribution in [0.3, 0.4) is 0 Å². The van der Waals surface area contributed by atoms with E-state index in [2.05, 4.69) is 36.9 Å². The second kappa shape index (κ2) is 10.1. The smallest absolute Gasteiger partial charge is 0.337 e. The van der Waals surface area contributed by atoms with Gasteiger partial charge in [0.15, 0.2) is 0 Å². The Morgan fingerprint density at radius 3 is 2.47 bits per heavy atom. The van der Waals surface area contributed by atoms with E-state index < -0.39 is 23.5 Å². The summed E-state index contributed by atoms with van der Waals surface area (Å²) in [4.78, 5) is 21.2. The molecule has 0 radical (unpaired) electrons. The first-order valence-electron chi connectivity index (χ1n) is 10.4. The van der Waals surface area contributed by atoms with E-state index >= 15 is 0 Å². The van der Waals surface area contributed by atoms with E-state index in [1.165, 1.54) is 42.0 Å². The van der Waals surface area contributed by atoms with Crippen LogP contribution in [0.5, 0.6) is 0 Å². The minimum Gasteiger partial charge on any atom is -0.337 e. The number of carbonyl (C=O) groups is 1. The lowest BCUT2D eigenvalue weighted by atomic mass is 10.1. The van der Waals surface area contributed by atoms with Crippen LogP contribution in [0.4, 0.5) is 46.5 Å². The highest BCUT2D eigenvalue weighted by atomic mass is 32.1. The maximum Gasteiger partial charge on any atom is 0.416 e. The Kier molecular flexibility index (Phi) is 6.97. The van der Waals surface area contributed by atoms with Crippen LogP contribution in [-0.4, -0.2) is 20.2 Å². The fourth-order valence-corrected chi connectivity index (χ4v) is 3.65. The van der Waals surface area contributed by atoms with Gasteiger partial charge in [-0.2, -0.15) is 22.5 Å². The molecule has 0 atom stereocenters. The molecule has 0 aliphatic rings. The summed E-state index contributed by atoms with van der Waals surface area (Å²) in [7, 11) is 0. The molecule has 7 nitrogen and oxygen atoms in total. The van der Waals surface area contributed by atoms with E-state index in [4.69, 9.17) is 0 Å². The highest BCUT2D eigenvalue weighted by Gasteiger charge is 2.30. The monoisotopic (exact) mass is 514 g/mol. The lowest BCUT2D eigenvalue weighted by molar-refractivity contribution is -0.137. The van der Waals surface area contributed by atoms with E-state index in [1.807, 2.05) is 6.92 Å². The van der Waals surface area contributed by atoms with E-state index in [9.17, 15) is 22.4 Å². The third-order valence-electron chi connectivity index (χ3n) is 4.85. The molecule has 0 aliphatic carbocycles. The van der Waals surface area contributed by atoms with Gasteiger partial charge in [0.05, 0.1) is 11.3 Å². The maximum absolute atomic E-state index is 14.7. The quantitative estimate of drug-likeness (QED) is 0.188. The van der Waals surface area contributed by atoms with Crippen molar-refractivity contribution in [2.75, 3.05) is 16.0 Å². The number of carbonyl (C=O) groups excluding carboxylic acids is 1. The van der Waals surface area contributed by atoms with Crippen LogP contribution >= 0.6 is 11.5 Å². The average molecular weight is 515 g/mol.